The van der Waals surface area contributed by atoms with E-state index in [1.807, 2.05) is 30.5 Å². The maximum absolute atomic E-state index is 5.85. The van der Waals surface area contributed by atoms with Crippen molar-refractivity contribution in [2.24, 2.45) is 5.10 Å². The van der Waals surface area contributed by atoms with Gasteiger partial charge in [0.15, 0.2) is 0 Å². The molecule has 0 saturated carbocycles. The Morgan fingerprint density at radius 2 is 1.76 bits per heavy atom. The zero-order valence-corrected chi connectivity index (χ0v) is 11.2. The maximum Gasteiger partial charge on any atom is 0.0543 e. The highest BCUT2D eigenvalue weighted by Gasteiger charge is 2.22. The van der Waals surface area contributed by atoms with Crippen molar-refractivity contribution >= 4 is 17.8 Å². The number of halogens is 1. The highest BCUT2D eigenvalue weighted by atomic mass is 35.5. The summed E-state index contributed by atoms with van der Waals surface area (Å²) < 4.78 is 0. The fourth-order valence-electron chi connectivity index (χ4n) is 2.32. The number of nitrogens with zero attached hydrogens (tertiary/aromatic N) is 2. The van der Waals surface area contributed by atoms with Gasteiger partial charge in [-0.3, -0.25) is 5.01 Å². The molecule has 0 spiro atoms. The van der Waals surface area contributed by atoms with Gasteiger partial charge < -0.3 is 0 Å². The van der Waals surface area contributed by atoms with Gasteiger partial charge in [-0.15, -0.1) is 0 Å². The molecule has 0 bridgehead atoms. The van der Waals surface area contributed by atoms with E-state index < -0.39 is 0 Å². The van der Waals surface area contributed by atoms with E-state index in [1.165, 1.54) is 19.3 Å². The van der Waals surface area contributed by atoms with Gasteiger partial charge in [-0.05, 0) is 50.8 Å². The molecule has 1 aliphatic heterocycles. The first-order chi connectivity index (χ1) is 8.16. The van der Waals surface area contributed by atoms with E-state index in [9.17, 15) is 0 Å². The molecule has 17 heavy (non-hydrogen) atoms. The summed E-state index contributed by atoms with van der Waals surface area (Å²) in [6, 6.07) is 8.86. The topological polar surface area (TPSA) is 15.6 Å². The fourth-order valence-corrected chi connectivity index (χ4v) is 2.44. The second-order valence-corrected chi connectivity index (χ2v) is 5.24. The summed E-state index contributed by atoms with van der Waals surface area (Å²) in [4.78, 5) is 0. The van der Waals surface area contributed by atoms with Crippen molar-refractivity contribution in [2.75, 3.05) is 0 Å². The third-order valence-electron chi connectivity index (χ3n) is 3.36. The highest BCUT2D eigenvalue weighted by molar-refractivity contribution is 6.30. The average Bonchev–Trinajstić information content (AvgIpc) is 2.31. The number of hydrogen-bond acceptors (Lipinski definition) is 2. The molecule has 2 atom stereocenters. The van der Waals surface area contributed by atoms with Gasteiger partial charge in [-0.2, -0.15) is 5.10 Å². The smallest absolute Gasteiger partial charge is 0.0543 e. The quantitative estimate of drug-likeness (QED) is 0.726. The van der Waals surface area contributed by atoms with Crippen molar-refractivity contribution in [3.8, 4) is 0 Å². The molecule has 1 aromatic carbocycles. The second-order valence-electron chi connectivity index (χ2n) is 4.81. The third kappa shape index (κ3) is 3.22. The van der Waals surface area contributed by atoms with Gasteiger partial charge in [-0.1, -0.05) is 23.7 Å². The molecule has 0 aliphatic carbocycles. The van der Waals surface area contributed by atoms with Crippen molar-refractivity contribution in [1.29, 1.82) is 0 Å². The molecule has 0 N–H and O–H groups in total. The van der Waals surface area contributed by atoms with Crippen LogP contribution in [0.5, 0.6) is 0 Å². The molecular weight excluding hydrogens is 232 g/mol. The Hall–Kier alpha value is -1.02. The van der Waals surface area contributed by atoms with Crippen LogP contribution in [0.3, 0.4) is 0 Å². The van der Waals surface area contributed by atoms with E-state index in [1.54, 1.807) is 0 Å². The standard InChI is InChI=1S/C14H19ClN2/c1-11-4-3-5-12(2)17(11)16-10-13-6-8-14(15)9-7-13/h6-12H,3-5H2,1-2H3/b16-10-/t11-,12-/m0/s1. The lowest BCUT2D eigenvalue weighted by Crippen LogP contribution is -2.39. The molecule has 1 aromatic rings. The lowest BCUT2D eigenvalue weighted by Gasteiger charge is -2.36. The van der Waals surface area contributed by atoms with Crippen LogP contribution in [-0.4, -0.2) is 23.3 Å². The molecule has 1 aliphatic rings. The predicted molar refractivity (Wildman–Crippen MR) is 73.7 cm³/mol. The highest BCUT2D eigenvalue weighted by Crippen LogP contribution is 2.22. The Morgan fingerprint density at radius 1 is 1.18 bits per heavy atom. The van der Waals surface area contributed by atoms with Gasteiger partial charge in [0.05, 0.1) is 6.21 Å². The molecule has 1 fully saturated rings. The minimum absolute atomic E-state index is 0.544. The van der Waals surface area contributed by atoms with Crippen LogP contribution < -0.4 is 0 Å². The monoisotopic (exact) mass is 250 g/mol. The summed E-state index contributed by atoms with van der Waals surface area (Å²) >= 11 is 5.85. The van der Waals surface area contributed by atoms with Crippen molar-refractivity contribution in [3.63, 3.8) is 0 Å². The minimum Gasteiger partial charge on any atom is -0.292 e. The minimum atomic E-state index is 0.544. The molecule has 0 radical (unpaired) electrons. The first-order valence-corrected chi connectivity index (χ1v) is 6.62. The van der Waals surface area contributed by atoms with Crippen LogP contribution in [0.25, 0.3) is 0 Å². The van der Waals surface area contributed by atoms with Crippen LogP contribution in [0.4, 0.5) is 0 Å². The van der Waals surface area contributed by atoms with E-state index in [0.717, 1.165) is 10.6 Å². The molecule has 1 heterocycles. The van der Waals surface area contributed by atoms with Crippen LogP contribution in [0.1, 0.15) is 38.7 Å². The van der Waals surface area contributed by atoms with E-state index >= 15 is 0 Å². The number of rotatable bonds is 2. The lowest BCUT2D eigenvalue weighted by atomic mass is 10.00. The molecular formula is C14H19ClN2. The van der Waals surface area contributed by atoms with Gasteiger partial charge in [0.25, 0.3) is 0 Å². The third-order valence-corrected chi connectivity index (χ3v) is 3.61. The molecule has 2 nitrogen and oxygen atoms in total. The Balaban J connectivity index is 2.06. The van der Waals surface area contributed by atoms with Gasteiger partial charge in [-0.25, -0.2) is 0 Å². The first-order valence-electron chi connectivity index (χ1n) is 6.24. The second kappa shape index (κ2) is 5.54. The van der Waals surface area contributed by atoms with Crippen LogP contribution >= 0.6 is 11.6 Å². The number of benzene rings is 1. The Labute approximate surface area is 108 Å². The maximum atomic E-state index is 5.85. The summed E-state index contributed by atoms with van der Waals surface area (Å²) in [5.74, 6) is 0. The van der Waals surface area contributed by atoms with Gasteiger partial charge in [0.1, 0.15) is 0 Å². The fraction of sp³-hybridized carbons (Fsp3) is 0.500. The number of hydrogen-bond donors (Lipinski definition) is 0. The Morgan fingerprint density at radius 3 is 2.35 bits per heavy atom. The van der Waals surface area contributed by atoms with Crippen molar-refractivity contribution < 1.29 is 0 Å². The zero-order valence-electron chi connectivity index (χ0n) is 10.4. The summed E-state index contributed by atoms with van der Waals surface area (Å²) in [7, 11) is 0. The normalized spacial score (nSPS) is 25.5. The van der Waals surface area contributed by atoms with Crippen molar-refractivity contribution in [3.05, 3.63) is 34.9 Å². The molecule has 3 heteroatoms. The van der Waals surface area contributed by atoms with E-state index in [0.29, 0.717) is 12.1 Å². The predicted octanol–water partition coefficient (Wildman–Crippen LogP) is 3.94. The van der Waals surface area contributed by atoms with Gasteiger partial charge in [0.2, 0.25) is 0 Å². The summed E-state index contributed by atoms with van der Waals surface area (Å²) in [5, 5.41) is 7.60. The molecule has 2 rings (SSSR count). The van der Waals surface area contributed by atoms with Crippen molar-refractivity contribution in [1.82, 2.24) is 5.01 Å². The number of hydrazone groups is 1. The van der Waals surface area contributed by atoms with Crippen LogP contribution in [-0.2, 0) is 0 Å². The van der Waals surface area contributed by atoms with Gasteiger partial charge >= 0.3 is 0 Å². The summed E-state index contributed by atoms with van der Waals surface area (Å²) in [6.07, 6.45) is 5.72. The molecule has 92 valence electrons. The SMILES string of the molecule is C[C@H]1CCC[C@H](C)N1/N=C\c1ccc(Cl)cc1. The molecule has 1 saturated heterocycles. The summed E-state index contributed by atoms with van der Waals surface area (Å²) in [5.41, 5.74) is 1.10. The molecule has 0 aromatic heterocycles. The molecule has 0 amide bonds. The van der Waals surface area contributed by atoms with E-state index in [2.05, 4.69) is 24.0 Å². The van der Waals surface area contributed by atoms with Crippen LogP contribution in [0.15, 0.2) is 29.4 Å². The van der Waals surface area contributed by atoms with E-state index in [-0.39, 0.29) is 0 Å². The van der Waals surface area contributed by atoms with E-state index in [4.69, 9.17) is 11.6 Å². The molecule has 0 unspecified atom stereocenters. The summed E-state index contributed by atoms with van der Waals surface area (Å²) in [6.45, 7) is 4.49. The largest absolute Gasteiger partial charge is 0.292 e. The Kier molecular flexibility index (Phi) is 4.06. The van der Waals surface area contributed by atoms with Crippen molar-refractivity contribution in [2.45, 2.75) is 45.2 Å². The first kappa shape index (κ1) is 12.4. The van der Waals surface area contributed by atoms with Crippen LogP contribution in [0.2, 0.25) is 5.02 Å². The number of piperidine rings is 1. The lowest BCUT2D eigenvalue weighted by molar-refractivity contribution is 0.109. The Bertz CT molecular complexity index is 376. The zero-order chi connectivity index (χ0) is 12.3. The van der Waals surface area contributed by atoms with Crippen LogP contribution in [0, 0.1) is 0 Å². The average molecular weight is 251 g/mol. The van der Waals surface area contributed by atoms with Gasteiger partial charge in [0, 0.05) is 17.1 Å².